The molecule has 0 aromatic carbocycles. The number of carbonyl (C=O) groups is 1. The highest BCUT2D eigenvalue weighted by molar-refractivity contribution is 6.17. The second-order valence-corrected chi connectivity index (χ2v) is 3.24. The smallest absolute Gasteiger partial charge is 0.334 e. The van der Waals surface area contributed by atoms with Gasteiger partial charge in [0.25, 0.3) is 0 Å². The first kappa shape index (κ1) is 29.9. The number of ether oxygens (including phenoxy) is 1. The van der Waals surface area contributed by atoms with Crippen LogP contribution in [-0.2, 0) is 9.53 Å². The number of halogens is 1. The number of rotatable bonds is 5. The van der Waals surface area contributed by atoms with E-state index in [1.54, 1.807) is 6.92 Å². The zero-order valence-electron chi connectivity index (χ0n) is 10.3. The van der Waals surface area contributed by atoms with Gasteiger partial charge in [-0.05, 0) is 27.4 Å². The standard InChI is InChI=1S/C9H16ClNO2.4H2O/c1-8(9(12)13-7-10)5-4-6-11(2)3;;;;/h5H,4,6-7H2,1-3H3;4*1H2. The maximum atomic E-state index is 11.0. The summed E-state index contributed by atoms with van der Waals surface area (Å²) in [5.74, 6) is -0.339. The van der Waals surface area contributed by atoms with E-state index in [1.165, 1.54) is 0 Å². The molecule has 0 heterocycles. The normalized spacial score (nSPS) is 9.12. The molecule has 0 amide bonds. The molecule has 108 valence electrons. The molecule has 0 aliphatic rings. The number of esters is 1. The maximum Gasteiger partial charge on any atom is 0.334 e. The number of nitrogens with zero attached hydrogens (tertiary/aromatic N) is 1. The Morgan fingerprint density at radius 1 is 1.24 bits per heavy atom. The van der Waals surface area contributed by atoms with Crippen molar-refractivity contribution in [2.24, 2.45) is 0 Å². The third-order valence-corrected chi connectivity index (χ3v) is 1.64. The molecule has 8 N–H and O–H groups in total. The van der Waals surface area contributed by atoms with Gasteiger partial charge in [-0.15, -0.1) is 0 Å². The summed E-state index contributed by atoms with van der Waals surface area (Å²) in [6.07, 6.45) is 2.70. The third kappa shape index (κ3) is 17.9. The minimum absolute atomic E-state index is 0. The molecular formula is C9H24ClNO6. The Labute approximate surface area is 106 Å². The van der Waals surface area contributed by atoms with E-state index >= 15 is 0 Å². The van der Waals surface area contributed by atoms with Crippen molar-refractivity contribution in [1.29, 1.82) is 0 Å². The van der Waals surface area contributed by atoms with E-state index in [1.807, 2.05) is 20.2 Å². The molecule has 0 unspecified atom stereocenters. The molecule has 0 aliphatic heterocycles. The van der Waals surface area contributed by atoms with Gasteiger partial charge in [-0.1, -0.05) is 17.7 Å². The van der Waals surface area contributed by atoms with E-state index in [0.29, 0.717) is 5.57 Å². The van der Waals surface area contributed by atoms with Crippen LogP contribution < -0.4 is 0 Å². The van der Waals surface area contributed by atoms with Crippen LogP contribution in [0, 0.1) is 0 Å². The highest BCUT2D eigenvalue weighted by atomic mass is 35.5. The Morgan fingerprint density at radius 2 is 1.71 bits per heavy atom. The number of hydrogen-bond acceptors (Lipinski definition) is 3. The lowest BCUT2D eigenvalue weighted by molar-refractivity contribution is -0.137. The Balaban J connectivity index is -0.000000120. The molecular weight excluding hydrogens is 254 g/mol. The molecule has 0 radical (unpaired) electrons. The lowest BCUT2D eigenvalue weighted by Crippen LogP contribution is -2.12. The fraction of sp³-hybridized carbons (Fsp3) is 0.667. The van der Waals surface area contributed by atoms with Crippen LogP contribution in [-0.4, -0.2) is 59.5 Å². The topological polar surface area (TPSA) is 156 Å². The summed E-state index contributed by atoms with van der Waals surface area (Å²) in [5, 5.41) is 0. The molecule has 0 saturated heterocycles. The number of alkyl halides is 1. The molecule has 0 aromatic rings. The summed E-state index contributed by atoms with van der Waals surface area (Å²) >= 11 is 5.25. The van der Waals surface area contributed by atoms with Crippen LogP contribution in [0.1, 0.15) is 13.3 Å². The van der Waals surface area contributed by atoms with Crippen LogP contribution in [0.25, 0.3) is 0 Å². The van der Waals surface area contributed by atoms with Gasteiger partial charge in [-0.25, -0.2) is 4.79 Å². The molecule has 7 nitrogen and oxygen atoms in total. The molecule has 17 heavy (non-hydrogen) atoms. The van der Waals surface area contributed by atoms with E-state index in [9.17, 15) is 4.79 Å². The van der Waals surface area contributed by atoms with Crippen molar-refractivity contribution >= 4 is 17.6 Å². The molecule has 0 aliphatic carbocycles. The van der Waals surface area contributed by atoms with Crippen LogP contribution in [0.4, 0.5) is 0 Å². The molecule has 8 heteroatoms. The van der Waals surface area contributed by atoms with Crippen LogP contribution in [0.5, 0.6) is 0 Å². The lowest BCUT2D eigenvalue weighted by atomic mass is 10.2. The Bertz CT molecular complexity index is 198. The van der Waals surface area contributed by atoms with Gasteiger partial charge in [0.05, 0.1) is 0 Å². The largest absolute Gasteiger partial charge is 0.446 e. The summed E-state index contributed by atoms with van der Waals surface area (Å²) in [5.41, 5.74) is 0.613. The van der Waals surface area contributed by atoms with Gasteiger partial charge in [0, 0.05) is 12.1 Å². The van der Waals surface area contributed by atoms with E-state index in [-0.39, 0.29) is 33.9 Å². The van der Waals surface area contributed by atoms with Gasteiger partial charge >= 0.3 is 5.97 Å². The zero-order chi connectivity index (χ0) is 10.3. The minimum Gasteiger partial charge on any atom is -0.446 e. The summed E-state index contributed by atoms with van der Waals surface area (Å²) in [4.78, 5) is 13.1. The predicted molar refractivity (Wildman–Crippen MR) is 68.2 cm³/mol. The molecule has 0 spiro atoms. The first-order valence-corrected chi connectivity index (χ1v) is 4.66. The third-order valence-electron chi connectivity index (χ3n) is 1.53. The van der Waals surface area contributed by atoms with Crippen LogP contribution in [0.2, 0.25) is 0 Å². The van der Waals surface area contributed by atoms with E-state index in [4.69, 9.17) is 11.6 Å². The Hall–Kier alpha value is -0.700. The molecule has 0 rings (SSSR count). The highest BCUT2D eigenvalue weighted by Gasteiger charge is 2.03. The number of hydrogen-bond donors (Lipinski definition) is 0. The highest BCUT2D eigenvalue weighted by Crippen LogP contribution is 1.99. The van der Waals surface area contributed by atoms with Crippen molar-refractivity contribution < 1.29 is 31.4 Å². The summed E-state index contributed by atoms with van der Waals surface area (Å²) in [7, 11) is 3.97. The molecule has 0 atom stereocenters. The van der Waals surface area contributed by atoms with Crippen LogP contribution in [0.15, 0.2) is 11.6 Å². The van der Waals surface area contributed by atoms with Gasteiger partial charge in [0.2, 0.25) is 0 Å². The van der Waals surface area contributed by atoms with Crippen molar-refractivity contribution in [3.05, 3.63) is 11.6 Å². The second-order valence-electron chi connectivity index (χ2n) is 3.02. The average molecular weight is 278 g/mol. The second kappa shape index (κ2) is 17.7. The molecule has 0 bridgehead atoms. The predicted octanol–water partition coefficient (Wildman–Crippen LogP) is -1.67. The molecule has 0 aromatic heterocycles. The maximum absolute atomic E-state index is 11.0. The SMILES string of the molecule is CC(=CCCN(C)C)C(=O)OCCl.O.O.O.O. The van der Waals surface area contributed by atoms with Crippen molar-refractivity contribution in [3.8, 4) is 0 Å². The van der Waals surface area contributed by atoms with Crippen LogP contribution >= 0.6 is 11.6 Å². The monoisotopic (exact) mass is 277 g/mol. The van der Waals surface area contributed by atoms with Gasteiger partial charge in [-0.2, -0.15) is 0 Å². The first-order valence-electron chi connectivity index (χ1n) is 4.12. The molecule has 0 fully saturated rings. The van der Waals surface area contributed by atoms with Gasteiger partial charge in [-0.3, -0.25) is 0 Å². The van der Waals surface area contributed by atoms with E-state index in [2.05, 4.69) is 9.64 Å². The number of carbonyl (C=O) groups excluding carboxylic acids is 1. The minimum atomic E-state index is -0.339. The van der Waals surface area contributed by atoms with Gasteiger partial charge in [0.1, 0.15) is 0 Å². The van der Waals surface area contributed by atoms with E-state index < -0.39 is 0 Å². The fourth-order valence-corrected chi connectivity index (χ4v) is 0.885. The quantitative estimate of drug-likeness (QED) is 0.335. The fourth-order valence-electron chi connectivity index (χ4n) is 0.786. The summed E-state index contributed by atoms with van der Waals surface area (Å²) in [6, 6.07) is -0.0856. The van der Waals surface area contributed by atoms with Gasteiger partial charge in [0.15, 0.2) is 6.07 Å². The molecule has 0 saturated carbocycles. The van der Waals surface area contributed by atoms with Crippen molar-refractivity contribution in [2.75, 3.05) is 26.7 Å². The summed E-state index contributed by atoms with van der Waals surface area (Å²) in [6.45, 7) is 2.65. The Morgan fingerprint density at radius 3 is 2.06 bits per heavy atom. The van der Waals surface area contributed by atoms with Crippen molar-refractivity contribution in [3.63, 3.8) is 0 Å². The average Bonchev–Trinajstić information content (AvgIpc) is 2.04. The zero-order valence-corrected chi connectivity index (χ0v) is 11.1. The van der Waals surface area contributed by atoms with E-state index in [0.717, 1.165) is 13.0 Å². The van der Waals surface area contributed by atoms with Crippen molar-refractivity contribution in [1.82, 2.24) is 4.90 Å². The van der Waals surface area contributed by atoms with Crippen LogP contribution in [0.3, 0.4) is 0 Å². The Kier molecular flexibility index (Phi) is 31.1. The van der Waals surface area contributed by atoms with Crippen molar-refractivity contribution in [2.45, 2.75) is 13.3 Å². The summed E-state index contributed by atoms with van der Waals surface area (Å²) < 4.78 is 4.61. The lowest BCUT2D eigenvalue weighted by Gasteiger charge is -2.06. The van der Waals surface area contributed by atoms with Gasteiger partial charge < -0.3 is 31.5 Å². The first-order chi connectivity index (χ1) is 6.07.